The van der Waals surface area contributed by atoms with Crippen LogP contribution in [0.15, 0.2) is 18.2 Å². The first-order chi connectivity index (χ1) is 11.7. The summed E-state index contributed by atoms with van der Waals surface area (Å²) in [5.74, 6) is 0.114. The summed E-state index contributed by atoms with van der Waals surface area (Å²) in [7, 11) is 0. The Bertz CT molecular complexity index is 710. The fourth-order valence-electron chi connectivity index (χ4n) is 3.58. The minimum atomic E-state index is 0. The quantitative estimate of drug-likeness (QED) is 0.674. The highest BCUT2D eigenvalue weighted by Crippen LogP contribution is 2.31. The number of fused-ring (bicyclic) bond motifs is 3. The van der Waals surface area contributed by atoms with Gasteiger partial charge in [-0.15, -0.1) is 12.4 Å². The largest absolute Gasteiger partial charge is 0.358 e. The highest BCUT2D eigenvalue weighted by atomic mass is 35.5. The SMILES string of the molecule is CCCCC(=O)Nc1ccc2[nH]c3c(c2c1)CC(NCCC)CC3.Cl. The van der Waals surface area contributed by atoms with Crippen molar-refractivity contribution in [2.45, 2.75) is 64.8 Å². The van der Waals surface area contributed by atoms with E-state index in [1.807, 2.05) is 6.07 Å². The van der Waals surface area contributed by atoms with Gasteiger partial charge < -0.3 is 15.6 Å². The molecule has 1 atom stereocenters. The molecule has 1 aliphatic rings. The number of carbonyl (C=O) groups is 1. The number of hydrogen-bond donors (Lipinski definition) is 3. The molecule has 5 heteroatoms. The molecule has 0 saturated heterocycles. The maximum atomic E-state index is 12.0. The van der Waals surface area contributed by atoms with Gasteiger partial charge in [0.25, 0.3) is 0 Å². The molecule has 1 heterocycles. The molecule has 3 N–H and O–H groups in total. The molecule has 0 aliphatic heterocycles. The van der Waals surface area contributed by atoms with Crippen LogP contribution in [0.25, 0.3) is 10.9 Å². The average molecular weight is 364 g/mol. The minimum Gasteiger partial charge on any atom is -0.358 e. The van der Waals surface area contributed by atoms with E-state index in [4.69, 9.17) is 0 Å². The van der Waals surface area contributed by atoms with E-state index in [0.29, 0.717) is 12.5 Å². The number of aromatic nitrogens is 1. The predicted molar refractivity (Wildman–Crippen MR) is 108 cm³/mol. The molecule has 1 unspecified atom stereocenters. The number of aryl methyl sites for hydroxylation is 1. The Labute approximate surface area is 156 Å². The molecular formula is C20H30ClN3O. The lowest BCUT2D eigenvalue weighted by Crippen LogP contribution is -2.34. The molecule has 25 heavy (non-hydrogen) atoms. The summed E-state index contributed by atoms with van der Waals surface area (Å²) in [6.45, 7) is 5.40. The van der Waals surface area contributed by atoms with Crippen molar-refractivity contribution in [3.63, 3.8) is 0 Å². The zero-order valence-electron chi connectivity index (χ0n) is 15.3. The molecule has 2 aromatic rings. The number of nitrogens with one attached hydrogen (secondary N) is 3. The number of amides is 1. The number of unbranched alkanes of at least 4 members (excludes halogenated alkanes) is 1. The van der Waals surface area contributed by atoms with Gasteiger partial charge in [0, 0.05) is 34.7 Å². The Morgan fingerprint density at radius 1 is 1.28 bits per heavy atom. The second-order valence-electron chi connectivity index (χ2n) is 6.89. The summed E-state index contributed by atoms with van der Waals surface area (Å²) in [6.07, 6.45) is 7.13. The molecule has 138 valence electrons. The number of H-pyrrole nitrogens is 1. The van der Waals surface area contributed by atoms with E-state index in [0.717, 1.165) is 37.9 Å². The number of rotatable bonds is 7. The monoisotopic (exact) mass is 363 g/mol. The van der Waals surface area contributed by atoms with Crippen molar-refractivity contribution in [2.24, 2.45) is 0 Å². The van der Waals surface area contributed by atoms with E-state index in [1.54, 1.807) is 0 Å². The van der Waals surface area contributed by atoms with E-state index >= 15 is 0 Å². The van der Waals surface area contributed by atoms with Crippen molar-refractivity contribution in [1.82, 2.24) is 10.3 Å². The molecule has 1 amide bonds. The Balaban J connectivity index is 0.00000225. The lowest BCUT2D eigenvalue weighted by Gasteiger charge is -2.23. The van der Waals surface area contributed by atoms with Crippen molar-refractivity contribution in [2.75, 3.05) is 11.9 Å². The van der Waals surface area contributed by atoms with Gasteiger partial charge in [0.05, 0.1) is 0 Å². The topological polar surface area (TPSA) is 56.9 Å². The van der Waals surface area contributed by atoms with Crippen LogP contribution in [-0.2, 0) is 17.6 Å². The second-order valence-corrected chi connectivity index (χ2v) is 6.89. The van der Waals surface area contributed by atoms with Gasteiger partial charge in [-0.1, -0.05) is 20.3 Å². The van der Waals surface area contributed by atoms with Crippen LogP contribution >= 0.6 is 12.4 Å². The predicted octanol–water partition coefficient (Wildman–Crippen LogP) is 4.58. The van der Waals surface area contributed by atoms with Gasteiger partial charge in [-0.3, -0.25) is 4.79 Å². The van der Waals surface area contributed by atoms with Crippen LogP contribution in [-0.4, -0.2) is 23.5 Å². The number of hydrogen-bond acceptors (Lipinski definition) is 2. The van der Waals surface area contributed by atoms with Crippen LogP contribution < -0.4 is 10.6 Å². The Morgan fingerprint density at radius 3 is 2.88 bits per heavy atom. The number of benzene rings is 1. The van der Waals surface area contributed by atoms with Crippen molar-refractivity contribution in [3.05, 3.63) is 29.5 Å². The van der Waals surface area contributed by atoms with Gasteiger partial charge in [0.1, 0.15) is 0 Å². The summed E-state index contributed by atoms with van der Waals surface area (Å²) in [5.41, 5.74) is 4.89. The zero-order chi connectivity index (χ0) is 16.9. The molecule has 4 nitrogen and oxygen atoms in total. The standard InChI is InChI=1S/C20H29N3O.ClH/c1-3-5-6-20(24)22-15-8-10-19-17(13-15)16-12-14(21-11-4-2)7-9-18(16)23-19;/h8,10,13-14,21,23H,3-7,9,11-12H2,1-2H3,(H,22,24);1H. The third-order valence-corrected chi connectivity index (χ3v) is 4.91. The van der Waals surface area contributed by atoms with Crippen molar-refractivity contribution >= 4 is 34.9 Å². The summed E-state index contributed by atoms with van der Waals surface area (Å²) in [4.78, 5) is 15.5. The van der Waals surface area contributed by atoms with Crippen LogP contribution in [0.2, 0.25) is 0 Å². The first kappa shape index (κ1) is 19.8. The molecule has 0 fully saturated rings. The first-order valence-electron chi connectivity index (χ1n) is 9.38. The van der Waals surface area contributed by atoms with Gasteiger partial charge >= 0.3 is 0 Å². The Morgan fingerprint density at radius 2 is 2.12 bits per heavy atom. The van der Waals surface area contributed by atoms with Gasteiger partial charge in [-0.05, 0) is 62.4 Å². The first-order valence-corrected chi connectivity index (χ1v) is 9.38. The number of halogens is 1. The molecule has 0 radical (unpaired) electrons. The molecule has 0 spiro atoms. The highest BCUT2D eigenvalue weighted by molar-refractivity contribution is 5.95. The maximum Gasteiger partial charge on any atom is 0.224 e. The van der Waals surface area contributed by atoms with Crippen LogP contribution in [0.5, 0.6) is 0 Å². The van der Waals surface area contributed by atoms with E-state index in [2.05, 4.69) is 41.6 Å². The number of carbonyl (C=O) groups excluding carboxylic acids is 1. The average Bonchev–Trinajstić information content (AvgIpc) is 2.95. The third-order valence-electron chi connectivity index (χ3n) is 4.91. The summed E-state index contributed by atoms with van der Waals surface area (Å²) in [5, 5.41) is 7.96. The van der Waals surface area contributed by atoms with Crippen LogP contribution in [0.4, 0.5) is 5.69 Å². The van der Waals surface area contributed by atoms with Gasteiger partial charge in [-0.25, -0.2) is 0 Å². The third kappa shape index (κ3) is 4.77. The lowest BCUT2D eigenvalue weighted by atomic mass is 9.91. The van der Waals surface area contributed by atoms with Gasteiger partial charge in [0.15, 0.2) is 0 Å². The minimum absolute atomic E-state index is 0. The fourth-order valence-corrected chi connectivity index (χ4v) is 3.58. The Hall–Kier alpha value is -1.52. The fraction of sp³-hybridized carbons (Fsp3) is 0.550. The molecule has 0 bridgehead atoms. The molecule has 3 rings (SSSR count). The van der Waals surface area contributed by atoms with Crippen molar-refractivity contribution in [3.8, 4) is 0 Å². The lowest BCUT2D eigenvalue weighted by molar-refractivity contribution is -0.116. The van der Waals surface area contributed by atoms with Gasteiger partial charge in [0.2, 0.25) is 5.91 Å². The zero-order valence-corrected chi connectivity index (χ0v) is 16.1. The summed E-state index contributed by atoms with van der Waals surface area (Å²) >= 11 is 0. The molecule has 0 saturated carbocycles. The molecule has 1 aromatic carbocycles. The van der Waals surface area contributed by atoms with E-state index < -0.39 is 0 Å². The van der Waals surface area contributed by atoms with Crippen molar-refractivity contribution < 1.29 is 4.79 Å². The smallest absolute Gasteiger partial charge is 0.224 e. The normalized spacial score (nSPS) is 16.3. The van der Waals surface area contributed by atoms with E-state index in [9.17, 15) is 4.79 Å². The van der Waals surface area contributed by atoms with E-state index in [-0.39, 0.29) is 18.3 Å². The molecular weight excluding hydrogens is 334 g/mol. The maximum absolute atomic E-state index is 12.0. The second kappa shape index (κ2) is 9.25. The number of aromatic amines is 1. The molecule has 1 aliphatic carbocycles. The Kier molecular flexibility index (Phi) is 7.33. The summed E-state index contributed by atoms with van der Waals surface area (Å²) < 4.78 is 0. The highest BCUT2D eigenvalue weighted by Gasteiger charge is 2.22. The van der Waals surface area contributed by atoms with Gasteiger partial charge in [-0.2, -0.15) is 0 Å². The van der Waals surface area contributed by atoms with Crippen LogP contribution in [0.1, 0.15) is 57.2 Å². The van der Waals surface area contributed by atoms with Crippen molar-refractivity contribution in [1.29, 1.82) is 0 Å². The summed E-state index contributed by atoms with van der Waals surface area (Å²) in [6, 6.07) is 6.80. The van der Waals surface area contributed by atoms with Crippen LogP contribution in [0, 0.1) is 0 Å². The van der Waals surface area contributed by atoms with Crippen LogP contribution in [0.3, 0.4) is 0 Å². The van der Waals surface area contributed by atoms with E-state index in [1.165, 1.54) is 35.0 Å². The number of anilines is 1. The molecule has 1 aromatic heterocycles.